The van der Waals surface area contributed by atoms with E-state index in [9.17, 15) is 0 Å². The van der Waals surface area contributed by atoms with Gasteiger partial charge in [0.15, 0.2) is 5.13 Å². The van der Waals surface area contributed by atoms with Gasteiger partial charge in [-0.25, -0.2) is 19.9 Å². The highest BCUT2D eigenvalue weighted by molar-refractivity contribution is 7.18. The van der Waals surface area contributed by atoms with Crippen LogP contribution in [0.5, 0.6) is 6.01 Å². The number of nitrogens with zero attached hydrogens (tertiary/aromatic N) is 7. The molecule has 1 N–H and O–H groups in total. The Kier molecular flexibility index (Phi) is 8.26. The van der Waals surface area contributed by atoms with Crippen LogP contribution in [0.15, 0.2) is 30.9 Å². The van der Waals surface area contributed by atoms with E-state index in [1.54, 1.807) is 19.5 Å². The van der Waals surface area contributed by atoms with Crippen molar-refractivity contribution in [2.24, 2.45) is 5.41 Å². The summed E-state index contributed by atoms with van der Waals surface area (Å²) in [4.78, 5) is 28.3. The fraction of sp³-hybridized carbons (Fsp3) is 0.593. The molecule has 208 valence electrons. The lowest BCUT2D eigenvalue weighted by Gasteiger charge is -2.45. The third-order valence-corrected chi connectivity index (χ3v) is 8.82. The zero-order valence-electron chi connectivity index (χ0n) is 22.4. The van der Waals surface area contributed by atoms with Gasteiger partial charge in [-0.3, -0.25) is 9.80 Å². The van der Waals surface area contributed by atoms with Crippen LogP contribution in [0.4, 0.5) is 11.1 Å². The molecule has 0 amide bonds. The predicted octanol–water partition coefficient (Wildman–Crippen LogP) is 3.24. The maximum absolute atomic E-state index is 6.14. The summed E-state index contributed by atoms with van der Waals surface area (Å²) in [5.41, 5.74) is 2.30. The summed E-state index contributed by atoms with van der Waals surface area (Å²) in [5.74, 6) is 0.530. The molecule has 3 aliphatic rings. The standard InChI is InChI=1S/C27H36N8O3S/c1-36-13-12-34-8-10-35(11-9-34)17-20-14-29-24(30-15-20)33-26-31-16-23(39-26)22-4-7-28-25(32-22)38-21-2-5-27(6-3-21)18-37-19-27/h4,7,14-16,21H,2-3,5-6,8-13,17-19H2,1H3,(H,29,30,31,33). The van der Waals surface area contributed by atoms with E-state index in [0.29, 0.717) is 22.5 Å². The van der Waals surface area contributed by atoms with Crippen LogP contribution in [0.25, 0.3) is 10.6 Å². The van der Waals surface area contributed by atoms with Crippen LogP contribution in [-0.4, -0.2) is 100 Å². The highest BCUT2D eigenvalue weighted by Gasteiger charge is 2.42. The van der Waals surface area contributed by atoms with E-state index in [-0.39, 0.29) is 6.10 Å². The second kappa shape index (κ2) is 12.2. The van der Waals surface area contributed by atoms with Crippen molar-refractivity contribution in [3.05, 3.63) is 36.4 Å². The first-order chi connectivity index (χ1) is 19.2. The molecule has 0 unspecified atom stereocenters. The molecular formula is C27H36N8O3S. The number of thiazole rings is 1. The van der Waals surface area contributed by atoms with Crippen LogP contribution < -0.4 is 10.1 Å². The minimum atomic E-state index is 0.163. The lowest BCUT2D eigenvalue weighted by molar-refractivity contribution is -0.140. The number of ether oxygens (including phenoxy) is 3. The van der Waals surface area contributed by atoms with E-state index < -0.39 is 0 Å². The minimum Gasteiger partial charge on any atom is -0.460 e. The second-order valence-corrected chi connectivity index (χ2v) is 11.7. The number of aromatic nitrogens is 5. The molecule has 12 heteroatoms. The Morgan fingerprint density at radius 1 is 1.03 bits per heavy atom. The number of anilines is 2. The molecule has 39 heavy (non-hydrogen) atoms. The van der Waals surface area contributed by atoms with Crippen LogP contribution >= 0.6 is 11.3 Å². The van der Waals surface area contributed by atoms with Gasteiger partial charge in [0.05, 0.1) is 30.4 Å². The number of hydrogen-bond acceptors (Lipinski definition) is 12. The third kappa shape index (κ3) is 6.69. The molecule has 3 aromatic heterocycles. The maximum atomic E-state index is 6.14. The van der Waals surface area contributed by atoms with E-state index in [2.05, 4.69) is 40.0 Å². The molecule has 11 nitrogen and oxygen atoms in total. The van der Waals surface area contributed by atoms with E-state index >= 15 is 0 Å². The molecule has 1 saturated carbocycles. The van der Waals surface area contributed by atoms with Crippen molar-refractivity contribution in [2.45, 2.75) is 38.3 Å². The van der Waals surface area contributed by atoms with Crippen molar-refractivity contribution in [1.82, 2.24) is 34.7 Å². The summed E-state index contributed by atoms with van der Waals surface area (Å²) in [6.07, 6.45) is 11.8. The van der Waals surface area contributed by atoms with Crippen LogP contribution in [-0.2, 0) is 16.0 Å². The third-order valence-electron chi connectivity index (χ3n) is 7.88. The van der Waals surface area contributed by atoms with Crippen LogP contribution in [0, 0.1) is 5.41 Å². The number of methoxy groups -OCH3 is 1. The molecule has 1 aliphatic carbocycles. The van der Waals surface area contributed by atoms with Crippen molar-refractivity contribution >= 4 is 22.4 Å². The Morgan fingerprint density at radius 2 is 1.79 bits per heavy atom. The van der Waals surface area contributed by atoms with Crippen molar-refractivity contribution < 1.29 is 14.2 Å². The van der Waals surface area contributed by atoms with Gasteiger partial charge in [0.1, 0.15) is 6.10 Å². The molecule has 1 spiro atoms. The number of hydrogen-bond donors (Lipinski definition) is 1. The summed E-state index contributed by atoms with van der Waals surface area (Å²) in [7, 11) is 1.75. The molecule has 0 radical (unpaired) electrons. The lowest BCUT2D eigenvalue weighted by Crippen LogP contribution is -2.46. The Hall–Kier alpha value is -2.77. The lowest BCUT2D eigenvalue weighted by atomic mass is 9.72. The molecule has 3 aromatic rings. The predicted molar refractivity (Wildman–Crippen MR) is 148 cm³/mol. The van der Waals surface area contributed by atoms with Crippen molar-refractivity contribution in [1.29, 1.82) is 0 Å². The van der Waals surface area contributed by atoms with Gasteiger partial charge in [-0.2, -0.15) is 4.98 Å². The first-order valence-electron chi connectivity index (χ1n) is 13.7. The van der Waals surface area contributed by atoms with Crippen LogP contribution in [0.2, 0.25) is 0 Å². The SMILES string of the molecule is COCCN1CCN(Cc2cnc(Nc3ncc(-c4ccnc(OC5CCC6(CC5)COC6)n4)s3)nc2)CC1. The topological polar surface area (TPSA) is 111 Å². The molecule has 5 heterocycles. The zero-order valence-corrected chi connectivity index (χ0v) is 23.2. The van der Waals surface area contributed by atoms with Gasteiger partial charge in [-0.1, -0.05) is 11.3 Å². The highest BCUT2D eigenvalue weighted by atomic mass is 32.1. The molecule has 2 saturated heterocycles. The fourth-order valence-corrected chi connectivity index (χ4v) is 6.16. The molecule has 0 aromatic carbocycles. The van der Waals surface area contributed by atoms with Crippen molar-refractivity contribution in [3.8, 4) is 16.6 Å². The van der Waals surface area contributed by atoms with Gasteiger partial charge in [0.25, 0.3) is 0 Å². The fourth-order valence-electron chi connectivity index (χ4n) is 5.38. The Morgan fingerprint density at radius 3 is 2.51 bits per heavy atom. The maximum Gasteiger partial charge on any atom is 0.317 e. The Bertz CT molecular complexity index is 1200. The molecule has 2 aliphatic heterocycles. The van der Waals surface area contributed by atoms with Gasteiger partial charge in [0.2, 0.25) is 5.95 Å². The zero-order chi connectivity index (χ0) is 26.5. The van der Waals surface area contributed by atoms with Gasteiger partial charge >= 0.3 is 6.01 Å². The summed E-state index contributed by atoms with van der Waals surface area (Å²) in [6, 6.07) is 2.31. The summed E-state index contributed by atoms with van der Waals surface area (Å²) >= 11 is 1.50. The average molecular weight is 553 g/mol. The van der Waals surface area contributed by atoms with E-state index in [4.69, 9.17) is 14.2 Å². The first-order valence-corrected chi connectivity index (χ1v) is 14.5. The number of rotatable bonds is 10. The van der Waals surface area contributed by atoms with E-state index in [1.165, 1.54) is 11.3 Å². The van der Waals surface area contributed by atoms with Gasteiger partial charge < -0.3 is 19.5 Å². The summed E-state index contributed by atoms with van der Waals surface area (Å²) in [6.45, 7) is 8.64. The quantitative estimate of drug-likeness (QED) is 0.400. The molecule has 3 fully saturated rings. The van der Waals surface area contributed by atoms with E-state index in [0.717, 1.165) is 101 Å². The minimum absolute atomic E-state index is 0.163. The smallest absolute Gasteiger partial charge is 0.317 e. The number of piperazine rings is 1. The second-order valence-electron chi connectivity index (χ2n) is 10.7. The van der Waals surface area contributed by atoms with Crippen LogP contribution in [0.1, 0.15) is 31.2 Å². The van der Waals surface area contributed by atoms with Gasteiger partial charge in [0, 0.05) is 82.1 Å². The van der Waals surface area contributed by atoms with E-state index in [1.807, 2.05) is 18.5 Å². The molecule has 0 bridgehead atoms. The Labute approximate surface area is 233 Å². The molecule has 0 atom stereocenters. The largest absolute Gasteiger partial charge is 0.460 e. The summed E-state index contributed by atoms with van der Waals surface area (Å²) < 4.78 is 16.8. The van der Waals surface area contributed by atoms with Crippen molar-refractivity contribution in [2.75, 3.05) is 65.0 Å². The first kappa shape index (κ1) is 26.5. The average Bonchev–Trinajstić information content (AvgIpc) is 3.42. The van der Waals surface area contributed by atoms with Crippen LogP contribution in [0.3, 0.4) is 0 Å². The molecular weight excluding hydrogens is 516 g/mol. The Balaban J connectivity index is 0.994. The van der Waals surface area contributed by atoms with Gasteiger partial charge in [-0.05, 0) is 31.7 Å². The normalized spacial score (nSPS) is 20.1. The summed E-state index contributed by atoms with van der Waals surface area (Å²) in [5, 5.41) is 3.93. The molecule has 6 rings (SSSR count). The highest BCUT2D eigenvalue weighted by Crippen LogP contribution is 2.43. The monoisotopic (exact) mass is 552 g/mol. The van der Waals surface area contributed by atoms with Crippen molar-refractivity contribution in [3.63, 3.8) is 0 Å². The number of nitrogens with one attached hydrogen (secondary N) is 1. The van der Waals surface area contributed by atoms with Gasteiger partial charge in [-0.15, -0.1) is 0 Å².